The van der Waals surface area contributed by atoms with Gasteiger partial charge in [0.05, 0.1) is 12.2 Å². The summed E-state index contributed by atoms with van der Waals surface area (Å²) in [5, 5.41) is 0. The third-order valence-electron chi connectivity index (χ3n) is 2.69. The Kier molecular flexibility index (Phi) is 2.99. The molecule has 5 nitrogen and oxygen atoms in total. The Morgan fingerprint density at radius 2 is 2.18 bits per heavy atom. The Bertz CT molecular complexity index is 517. The van der Waals surface area contributed by atoms with Gasteiger partial charge in [0.1, 0.15) is 5.82 Å². The standard InChI is InChI=1S/C12H17N5/c1-9-6-10(13)12(15-7-9)17(3)8-11-14-4-5-16(11)2/h4-7H,8,13H2,1-3H3. The molecule has 0 aliphatic rings. The summed E-state index contributed by atoms with van der Waals surface area (Å²) in [7, 11) is 3.94. The van der Waals surface area contributed by atoms with Crippen LogP contribution >= 0.6 is 0 Å². The number of hydrogen-bond acceptors (Lipinski definition) is 4. The van der Waals surface area contributed by atoms with Crippen molar-refractivity contribution < 1.29 is 0 Å². The first-order valence-corrected chi connectivity index (χ1v) is 5.47. The highest BCUT2D eigenvalue weighted by molar-refractivity contribution is 5.62. The number of nitrogens with zero attached hydrogens (tertiary/aromatic N) is 4. The molecule has 0 aliphatic carbocycles. The van der Waals surface area contributed by atoms with Gasteiger partial charge in [0.2, 0.25) is 0 Å². The summed E-state index contributed by atoms with van der Waals surface area (Å²) in [4.78, 5) is 10.6. The van der Waals surface area contributed by atoms with Gasteiger partial charge < -0.3 is 15.2 Å². The van der Waals surface area contributed by atoms with Crippen LogP contribution in [0.2, 0.25) is 0 Å². The Labute approximate surface area is 101 Å². The van der Waals surface area contributed by atoms with E-state index in [0.29, 0.717) is 12.2 Å². The second kappa shape index (κ2) is 4.45. The fourth-order valence-electron chi connectivity index (χ4n) is 1.74. The van der Waals surface area contributed by atoms with E-state index in [1.54, 1.807) is 6.20 Å². The maximum atomic E-state index is 5.96. The molecule has 90 valence electrons. The van der Waals surface area contributed by atoms with Crippen LogP contribution in [0, 0.1) is 6.92 Å². The number of anilines is 2. The van der Waals surface area contributed by atoms with Crippen LogP contribution in [0.3, 0.4) is 0 Å². The number of nitrogens with two attached hydrogens (primary N) is 1. The van der Waals surface area contributed by atoms with Crippen molar-refractivity contribution in [3.8, 4) is 0 Å². The first-order valence-electron chi connectivity index (χ1n) is 5.47. The monoisotopic (exact) mass is 231 g/mol. The quantitative estimate of drug-likeness (QED) is 0.866. The summed E-state index contributed by atoms with van der Waals surface area (Å²) < 4.78 is 1.99. The molecule has 0 saturated carbocycles. The Morgan fingerprint density at radius 3 is 2.76 bits per heavy atom. The van der Waals surface area contributed by atoms with Crippen LogP contribution < -0.4 is 10.6 Å². The third-order valence-corrected chi connectivity index (χ3v) is 2.69. The topological polar surface area (TPSA) is 60.0 Å². The van der Waals surface area contributed by atoms with Gasteiger partial charge in [0.25, 0.3) is 0 Å². The molecule has 0 aromatic carbocycles. The number of pyridine rings is 1. The smallest absolute Gasteiger partial charge is 0.151 e. The van der Waals surface area contributed by atoms with Gasteiger partial charge in [-0.15, -0.1) is 0 Å². The zero-order chi connectivity index (χ0) is 12.4. The molecule has 2 heterocycles. The van der Waals surface area contributed by atoms with Crippen molar-refractivity contribution in [2.45, 2.75) is 13.5 Å². The lowest BCUT2D eigenvalue weighted by Gasteiger charge is -2.19. The van der Waals surface area contributed by atoms with Crippen LogP contribution in [0.25, 0.3) is 0 Å². The molecule has 2 N–H and O–H groups in total. The summed E-state index contributed by atoms with van der Waals surface area (Å²) >= 11 is 0. The van der Waals surface area contributed by atoms with Crippen LogP contribution in [0.1, 0.15) is 11.4 Å². The van der Waals surface area contributed by atoms with Crippen molar-refractivity contribution in [2.24, 2.45) is 7.05 Å². The molecule has 2 aromatic heterocycles. The predicted octanol–water partition coefficient (Wildman–Crippen LogP) is 1.34. The summed E-state index contributed by atoms with van der Waals surface area (Å²) in [5.41, 5.74) is 7.72. The first-order chi connectivity index (χ1) is 8.08. The Balaban J connectivity index is 2.20. The third kappa shape index (κ3) is 2.38. The summed E-state index contributed by atoms with van der Waals surface area (Å²) in [6.45, 7) is 2.66. The molecule has 0 amide bonds. The van der Waals surface area contributed by atoms with E-state index in [2.05, 4.69) is 9.97 Å². The molecule has 0 saturated heterocycles. The zero-order valence-corrected chi connectivity index (χ0v) is 10.4. The highest BCUT2D eigenvalue weighted by Crippen LogP contribution is 2.20. The summed E-state index contributed by atoms with van der Waals surface area (Å²) in [6, 6.07) is 1.93. The lowest BCUT2D eigenvalue weighted by Crippen LogP contribution is -2.21. The zero-order valence-electron chi connectivity index (χ0n) is 10.4. The SMILES string of the molecule is Cc1cnc(N(C)Cc2nccn2C)c(N)c1. The highest BCUT2D eigenvalue weighted by atomic mass is 15.2. The van der Waals surface area contributed by atoms with E-state index in [1.807, 2.05) is 48.9 Å². The molecule has 5 heteroatoms. The first kappa shape index (κ1) is 11.4. The molecule has 0 radical (unpaired) electrons. The van der Waals surface area contributed by atoms with Crippen LogP contribution in [-0.4, -0.2) is 21.6 Å². The Morgan fingerprint density at radius 1 is 1.41 bits per heavy atom. The molecule has 0 spiro atoms. The molecule has 0 unspecified atom stereocenters. The second-order valence-corrected chi connectivity index (χ2v) is 4.24. The molecule has 0 bridgehead atoms. The van der Waals surface area contributed by atoms with E-state index >= 15 is 0 Å². The fourth-order valence-corrected chi connectivity index (χ4v) is 1.74. The number of nitrogen functional groups attached to an aromatic ring is 1. The number of imidazole rings is 1. The molecule has 2 aromatic rings. The van der Waals surface area contributed by atoms with Crippen molar-refractivity contribution in [3.63, 3.8) is 0 Å². The average molecular weight is 231 g/mol. The van der Waals surface area contributed by atoms with Gasteiger partial charge >= 0.3 is 0 Å². The lowest BCUT2D eigenvalue weighted by atomic mass is 10.3. The van der Waals surface area contributed by atoms with Crippen molar-refractivity contribution in [1.29, 1.82) is 0 Å². The number of hydrogen-bond donors (Lipinski definition) is 1. The van der Waals surface area contributed by atoms with E-state index in [-0.39, 0.29) is 0 Å². The minimum absolute atomic E-state index is 0.684. The molecular weight excluding hydrogens is 214 g/mol. The highest BCUT2D eigenvalue weighted by Gasteiger charge is 2.09. The van der Waals surface area contributed by atoms with Crippen molar-refractivity contribution in [1.82, 2.24) is 14.5 Å². The molecule has 0 atom stereocenters. The molecule has 17 heavy (non-hydrogen) atoms. The Hall–Kier alpha value is -2.04. The minimum Gasteiger partial charge on any atom is -0.396 e. The van der Waals surface area contributed by atoms with Crippen molar-refractivity contribution in [3.05, 3.63) is 36.0 Å². The molecular formula is C12H17N5. The number of rotatable bonds is 3. The molecule has 2 rings (SSSR count). The largest absolute Gasteiger partial charge is 0.396 e. The van der Waals surface area contributed by atoms with Crippen molar-refractivity contribution >= 4 is 11.5 Å². The van der Waals surface area contributed by atoms with E-state index in [4.69, 9.17) is 5.73 Å². The lowest BCUT2D eigenvalue weighted by molar-refractivity contribution is 0.756. The van der Waals surface area contributed by atoms with Crippen LogP contribution in [0.15, 0.2) is 24.7 Å². The van der Waals surface area contributed by atoms with Crippen molar-refractivity contribution in [2.75, 3.05) is 17.7 Å². The normalized spacial score (nSPS) is 10.5. The fraction of sp³-hybridized carbons (Fsp3) is 0.333. The predicted molar refractivity (Wildman–Crippen MR) is 68.7 cm³/mol. The van der Waals surface area contributed by atoms with Gasteiger partial charge in [-0.1, -0.05) is 0 Å². The molecule has 0 fully saturated rings. The van der Waals surface area contributed by atoms with Gasteiger partial charge in [0.15, 0.2) is 5.82 Å². The number of aryl methyl sites for hydroxylation is 2. The maximum absolute atomic E-state index is 5.96. The van der Waals surface area contributed by atoms with Gasteiger partial charge in [-0.25, -0.2) is 9.97 Å². The van der Waals surface area contributed by atoms with E-state index in [1.165, 1.54) is 0 Å². The summed E-state index contributed by atoms with van der Waals surface area (Å²) in [5.74, 6) is 1.77. The van der Waals surface area contributed by atoms with E-state index < -0.39 is 0 Å². The van der Waals surface area contributed by atoms with E-state index in [9.17, 15) is 0 Å². The molecule has 0 aliphatic heterocycles. The van der Waals surface area contributed by atoms with Crippen LogP contribution in [-0.2, 0) is 13.6 Å². The minimum atomic E-state index is 0.684. The average Bonchev–Trinajstić information content (AvgIpc) is 2.64. The van der Waals surface area contributed by atoms with Crippen LogP contribution in [0.5, 0.6) is 0 Å². The summed E-state index contributed by atoms with van der Waals surface area (Å²) in [6.07, 6.45) is 5.53. The number of aromatic nitrogens is 3. The van der Waals surface area contributed by atoms with Crippen LogP contribution in [0.4, 0.5) is 11.5 Å². The second-order valence-electron chi connectivity index (χ2n) is 4.24. The van der Waals surface area contributed by atoms with E-state index in [0.717, 1.165) is 17.2 Å². The van der Waals surface area contributed by atoms with Gasteiger partial charge in [-0.2, -0.15) is 0 Å². The van der Waals surface area contributed by atoms with Gasteiger partial charge in [-0.3, -0.25) is 0 Å². The van der Waals surface area contributed by atoms with Gasteiger partial charge in [-0.05, 0) is 18.6 Å². The maximum Gasteiger partial charge on any atom is 0.151 e. The van der Waals surface area contributed by atoms with Gasteiger partial charge in [0, 0.05) is 32.7 Å².